The zero-order chi connectivity index (χ0) is 23.3. The Morgan fingerprint density at radius 3 is 2.17 bits per heavy atom. The van der Waals surface area contributed by atoms with Gasteiger partial charge in [-0.05, 0) is 52.2 Å². The van der Waals surface area contributed by atoms with Gasteiger partial charge in [0.15, 0.2) is 8.32 Å². The highest BCUT2D eigenvalue weighted by atomic mass is 31.2. The molecule has 1 aliphatic rings. The molecule has 6 nitrogen and oxygen atoms in total. The van der Waals surface area contributed by atoms with Crippen molar-refractivity contribution in [1.82, 2.24) is 4.67 Å². The average Bonchev–Trinajstić information content (AvgIpc) is 2.88. The van der Waals surface area contributed by atoms with E-state index in [1.165, 1.54) is 0 Å². The minimum Gasteiger partial charge on any atom is -0.409 e. The van der Waals surface area contributed by atoms with Crippen molar-refractivity contribution >= 4 is 24.7 Å². The van der Waals surface area contributed by atoms with Crippen molar-refractivity contribution in [2.75, 3.05) is 6.61 Å². The van der Waals surface area contributed by atoms with E-state index in [9.17, 15) is 0 Å². The van der Waals surface area contributed by atoms with Gasteiger partial charge in [-0.15, -0.1) is 0 Å². The molecule has 0 aromatic carbocycles. The van der Waals surface area contributed by atoms with E-state index in [1.54, 1.807) is 0 Å². The predicted molar refractivity (Wildman–Crippen MR) is 130 cm³/mol. The molecular formula is C21H44BN2O4PSi. The van der Waals surface area contributed by atoms with Crippen molar-refractivity contribution in [2.24, 2.45) is 0 Å². The second-order valence-electron chi connectivity index (χ2n) is 10.2. The second kappa shape index (κ2) is 11.7. The van der Waals surface area contributed by atoms with Gasteiger partial charge in [-0.25, -0.2) is 4.67 Å². The third-order valence-corrected chi connectivity index (χ3v) is 12.7. The first-order valence-electron chi connectivity index (χ1n) is 11.3. The van der Waals surface area contributed by atoms with E-state index in [-0.39, 0.29) is 41.4 Å². The minimum atomic E-state index is -2.00. The van der Waals surface area contributed by atoms with Gasteiger partial charge < -0.3 is 18.2 Å². The Hall–Kier alpha value is 0.00182. The minimum absolute atomic E-state index is 0.0273. The lowest BCUT2D eigenvalue weighted by Gasteiger charge is -2.42. The third-order valence-electron chi connectivity index (χ3n) is 6.06. The zero-order valence-corrected chi connectivity index (χ0v) is 23.0. The van der Waals surface area contributed by atoms with E-state index >= 15 is 0 Å². The Morgan fingerprint density at radius 2 is 1.73 bits per heavy atom. The number of hydrogen-bond donors (Lipinski definition) is 0. The quantitative estimate of drug-likeness (QED) is 0.252. The van der Waals surface area contributed by atoms with Gasteiger partial charge in [-0.2, -0.15) is 5.26 Å². The van der Waals surface area contributed by atoms with Crippen LogP contribution in [-0.2, 0) is 18.2 Å². The number of hydrogen-bond acceptors (Lipinski definition) is 6. The van der Waals surface area contributed by atoms with Crippen molar-refractivity contribution in [2.45, 2.75) is 123 Å². The van der Waals surface area contributed by atoms with Crippen LogP contribution in [0.4, 0.5) is 0 Å². The zero-order valence-electron chi connectivity index (χ0n) is 21.1. The van der Waals surface area contributed by atoms with Gasteiger partial charge >= 0.3 is 0 Å². The summed E-state index contributed by atoms with van der Waals surface area (Å²) in [5, 5.41) is 9.08. The maximum absolute atomic E-state index is 8.97. The van der Waals surface area contributed by atoms with Crippen LogP contribution < -0.4 is 0 Å². The molecular weight excluding hydrogens is 414 g/mol. The van der Waals surface area contributed by atoms with Crippen LogP contribution in [0.5, 0.6) is 0 Å². The average molecular weight is 458 g/mol. The lowest BCUT2D eigenvalue weighted by molar-refractivity contribution is 0.0256. The smallest absolute Gasteiger partial charge is 0.259 e. The first-order chi connectivity index (χ1) is 13.8. The molecule has 1 heterocycles. The highest BCUT2D eigenvalue weighted by Gasteiger charge is 2.50. The number of rotatable bonds is 11. The Bertz CT molecular complexity index is 560. The summed E-state index contributed by atoms with van der Waals surface area (Å²) in [5.41, 5.74) is 0. The van der Waals surface area contributed by atoms with Gasteiger partial charge in [-0.3, -0.25) is 0 Å². The largest absolute Gasteiger partial charge is 0.409 e. The van der Waals surface area contributed by atoms with Crippen LogP contribution in [0.3, 0.4) is 0 Å². The summed E-state index contributed by atoms with van der Waals surface area (Å²) in [7, 11) is -1.25. The van der Waals surface area contributed by atoms with E-state index in [4.69, 9.17) is 23.5 Å². The van der Waals surface area contributed by atoms with Gasteiger partial charge in [0, 0.05) is 12.1 Å². The van der Waals surface area contributed by atoms with Gasteiger partial charge in [-0.1, -0.05) is 27.7 Å². The molecule has 0 aromatic rings. The molecule has 1 saturated heterocycles. The number of nitriles is 1. The van der Waals surface area contributed by atoms with Gasteiger partial charge in [0.2, 0.25) is 0 Å². The number of ether oxygens (including phenoxy) is 1. The molecule has 1 rings (SSSR count). The summed E-state index contributed by atoms with van der Waals surface area (Å²) < 4.78 is 28.2. The lowest BCUT2D eigenvalue weighted by atomic mass is 9.93. The summed E-state index contributed by atoms with van der Waals surface area (Å²) in [4.78, 5) is 0. The molecule has 5 atom stereocenters. The van der Waals surface area contributed by atoms with Crippen LogP contribution in [0.1, 0.15) is 68.2 Å². The Morgan fingerprint density at radius 1 is 1.17 bits per heavy atom. The molecule has 0 N–H and O–H groups in total. The first kappa shape index (κ1) is 28.0. The van der Waals surface area contributed by atoms with Crippen molar-refractivity contribution in [3.8, 4) is 6.07 Å². The molecule has 0 saturated carbocycles. The topological polar surface area (TPSA) is 64.0 Å². The summed E-state index contributed by atoms with van der Waals surface area (Å²) in [6, 6.07) is 2.66. The molecule has 1 fully saturated rings. The maximum atomic E-state index is 8.97. The summed E-state index contributed by atoms with van der Waals surface area (Å²) >= 11 is 0. The van der Waals surface area contributed by atoms with Crippen molar-refractivity contribution in [3.63, 3.8) is 0 Å². The Balaban J connectivity index is 3.18. The highest BCUT2D eigenvalue weighted by molar-refractivity contribution is 7.44. The Kier molecular flexibility index (Phi) is 11.0. The fourth-order valence-electron chi connectivity index (χ4n) is 3.44. The molecule has 30 heavy (non-hydrogen) atoms. The molecule has 2 unspecified atom stereocenters. The van der Waals surface area contributed by atoms with Crippen LogP contribution >= 0.6 is 8.53 Å². The van der Waals surface area contributed by atoms with Crippen LogP contribution in [0.25, 0.3) is 0 Å². The summed E-state index contributed by atoms with van der Waals surface area (Å²) in [5.74, 6) is 0. The van der Waals surface area contributed by atoms with Crippen molar-refractivity contribution in [1.29, 1.82) is 5.26 Å². The summed E-state index contributed by atoms with van der Waals surface area (Å²) in [6.45, 7) is 22.4. The standard InChI is InChI=1S/C21H44BN2O4PSi/c1-11-17-18(19(20(22)26-17)28-30(9,10)21(6,7)8)27-29(25-14-12-13-23)24(15(2)3)16(4)5/h15-20H,11-12,14,22H2,1-10H3/t17-,18?,19+,20-,29?/m1/s1. The van der Waals surface area contributed by atoms with E-state index < -0.39 is 16.8 Å². The van der Waals surface area contributed by atoms with Gasteiger partial charge in [0.25, 0.3) is 8.53 Å². The maximum Gasteiger partial charge on any atom is 0.259 e. The molecule has 0 aromatic heterocycles. The van der Waals surface area contributed by atoms with E-state index in [2.05, 4.69) is 87.1 Å². The third kappa shape index (κ3) is 7.27. The SMILES string of the molecule is B[C@@H]1O[C@H](CC)C(OP(OCCC#N)N(C(C)C)C(C)C)[C@@H]1O[Si](C)(C)C(C)(C)C. The molecule has 174 valence electrons. The van der Waals surface area contributed by atoms with E-state index in [0.29, 0.717) is 13.0 Å². The fraction of sp³-hybridized carbons (Fsp3) is 0.952. The molecule has 1 aliphatic heterocycles. The van der Waals surface area contributed by atoms with Gasteiger partial charge in [0.05, 0.1) is 37.3 Å². The molecule has 0 amide bonds. The van der Waals surface area contributed by atoms with E-state index in [1.807, 2.05) is 0 Å². The first-order valence-corrected chi connectivity index (χ1v) is 15.4. The molecule has 0 spiro atoms. The highest BCUT2D eigenvalue weighted by Crippen LogP contribution is 2.50. The summed E-state index contributed by atoms with van der Waals surface area (Å²) in [6.07, 6.45) is 0.872. The van der Waals surface area contributed by atoms with Gasteiger partial charge in [0.1, 0.15) is 14.0 Å². The number of nitrogens with zero attached hydrogens (tertiary/aromatic N) is 2. The normalized spacial score (nSPS) is 26.5. The lowest BCUT2D eigenvalue weighted by Crippen LogP contribution is -2.50. The molecule has 9 heteroatoms. The van der Waals surface area contributed by atoms with Crippen molar-refractivity contribution < 1.29 is 18.2 Å². The molecule has 0 aliphatic carbocycles. The van der Waals surface area contributed by atoms with Crippen LogP contribution in [0.15, 0.2) is 0 Å². The van der Waals surface area contributed by atoms with E-state index in [0.717, 1.165) is 6.42 Å². The van der Waals surface area contributed by atoms with Crippen LogP contribution in [0, 0.1) is 11.3 Å². The van der Waals surface area contributed by atoms with Crippen molar-refractivity contribution in [3.05, 3.63) is 0 Å². The predicted octanol–water partition coefficient (Wildman–Crippen LogP) is 4.81. The fourth-order valence-corrected chi connectivity index (χ4v) is 6.57. The molecule has 0 bridgehead atoms. The molecule has 0 radical (unpaired) electrons. The van der Waals surface area contributed by atoms with Crippen LogP contribution in [0.2, 0.25) is 18.1 Å². The Labute approximate surface area is 188 Å². The van der Waals surface area contributed by atoms with Crippen LogP contribution in [-0.4, -0.2) is 63.8 Å². The second-order valence-corrected chi connectivity index (χ2v) is 16.4. The monoisotopic (exact) mass is 458 g/mol.